The first-order valence-corrected chi connectivity index (χ1v) is 3.88. The zero-order valence-electron chi connectivity index (χ0n) is 4.08. The molecule has 1 aliphatic heterocycles. The molecule has 1 fully saturated rings. The Morgan fingerprint density at radius 1 is 1.62 bits per heavy atom. The van der Waals surface area contributed by atoms with Crippen LogP contribution in [0.3, 0.4) is 0 Å². The van der Waals surface area contributed by atoms with Gasteiger partial charge in [-0.1, -0.05) is 0 Å². The van der Waals surface area contributed by atoms with Crippen molar-refractivity contribution in [2.75, 3.05) is 0 Å². The Balaban J connectivity index is 2.56. The van der Waals surface area contributed by atoms with Crippen LogP contribution in [0.25, 0.3) is 0 Å². The van der Waals surface area contributed by atoms with Crippen LogP contribution in [0.15, 0.2) is 0 Å². The van der Waals surface area contributed by atoms with Gasteiger partial charge in [-0.25, -0.2) is 0 Å². The van der Waals surface area contributed by atoms with E-state index in [4.69, 9.17) is 0 Å². The van der Waals surface area contributed by atoms with Crippen molar-refractivity contribution in [2.24, 2.45) is 0 Å². The maximum Gasteiger partial charge on any atom is 0.221 e. The Kier molecular flexibility index (Phi) is 1.63. The van der Waals surface area contributed by atoms with E-state index in [1.807, 2.05) is 0 Å². The highest BCUT2D eigenvalue weighted by Gasteiger charge is 2.31. The van der Waals surface area contributed by atoms with Gasteiger partial charge in [0.1, 0.15) is 0 Å². The van der Waals surface area contributed by atoms with E-state index in [2.05, 4.69) is 37.2 Å². The minimum absolute atomic E-state index is 0.0961. The van der Waals surface area contributed by atoms with E-state index in [1.165, 1.54) is 0 Å². The molecule has 4 heteroatoms. The van der Waals surface area contributed by atoms with Crippen LogP contribution in [0.1, 0.15) is 12.8 Å². The number of carbonyl (C=O) groups excluding carboxylic acids is 1. The Morgan fingerprint density at radius 3 is 2.38 bits per heavy atom. The Morgan fingerprint density at radius 2 is 2.25 bits per heavy atom. The number of hydrogen-bond donors (Lipinski definition) is 1. The predicted octanol–water partition coefficient (Wildman–Crippen LogP) is 1.34. The first-order valence-electron chi connectivity index (χ1n) is 2.29. The molecule has 1 heterocycles. The summed E-state index contributed by atoms with van der Waals surface area (Å²) in [6.07, 6.45) is 1.42. The van der Waals surface area contributed by atoms with Crippen molar-refractivity contribution in [1.29, 1.82) is 0 Å². The van der Waals surface area contributed by atoms with Crippen LogP contribution in [-0.2, 0) is 4.79 Å². The van der Waals surface area contributed by atoms with Crippen molar-refractivity contribution in [1.82, 2.24) is 5.32 Å². The lowest BCUT2D eigenvalue weighted by Gasteiger charge is -2.09. The summed E-state index contributed by atoms with van der Waals surface area (Å²) in [6.45, 7) is 0. The molecule has 46 valence electrons. The second kappa shape index (κ2) is 1.99. The molecule has 1 rings (SSSR count). The van der Waals surface area contributed by atoms with E-state index in [0.29, 0.717) is 6.42 Å². The molecule has 0 spiro atoms. The van der Waals surface area contributed by atoms with E-state index in [-0.39, 0.29) is 9.26 Å². The Labute approximate surface area is 64.3 Å². The standard InChI is InChI=1S/C4H5Br2NO/c5-4(6)2-1-3(8)7-4/h1-2H2,(H,7,8). The second-order valence-electron chi connectivity index (χ2n) is 1.75. The van der Waals surface area contributed by atoms with Crippen molar-refractivity contribution in [2.45, 2.75) is 16.2 Å². The van der Waals surface area contributed by atoms with Gasteiger partial charge in [-0.05, 0) is 38.3 Å². The van der Waals surface area contributed by atoms with E-state index in [1.54, 1.807) is 0 Å². The van der Waals surface area contributed by atoms with Crippen LogP contribution in [0.4, 0.5) is 0 Å². The van der Waals surface area contributed by atoms with Crippen LogP contribution in [-0.4, -0.2) is 9.26 Å². The summed E-state index contributed by atoms with van der Waals surface area (Å²) in [6, 6.07) is 0. The van der Waals surface area contributed by atoms with Gasteiger partial charge in [0.25, 0.3) is 0 Å². The molecule has 1 saturated heterocycles. The van der Waals surface area contributed by atoms with Crippen molar-refractivity contribution in [3.63, 3.8) is 0 Å². The molecule has 0 radical (unpaired) electrons. The van der Waals surface area contributed by atoms with Crippen LogP contribution in [0, 0.1) is 0 Å². The van der Waals surface area contributed by atoms with Gasteiger partial charge >= 0.3 is 0 Å². The summed E-state index contributed by atoms with van der Waals surface area (Å²) in [5.74, 6) is 0.0961. The zero-order valence-corrected chi connectivity index (χ0v) is 7.25. The predicted molar refractivity (Wildman–Crippen MR) is 38.0 cm³/mol. The molecule has 2 nitrogen and oxygen atoms in total. The first-order chi connectivity index (χ1) is 3.60. The Hall–Kier alpha value is 0.430. The fourth-order valence-corrected chi connectivity index (χ4v) is 1.44. The van der Waals surface area contributed by atoms with Crippen LogP contribution in [0.2, 0.25) is 0 Å². The second-order valence-corrected chi connectivity index (χ2v) is 5.52. The smallest absolute Gasteiger partial charge is 0.221 e. The fraction of sp³-hybridized carbons (Fsp3) is 0.750. The molecule has 0 aliphatic carbocycles. The molecule has 0 aromatic heterocycles. The number of alkyl halides is 2. The van der Waals surface area contributed by atoms with Gasteiger partial charge in [0.05, 0.1) is 0 Å². The molecular weight excluding hydrogens is 238 g/mol. The number of amides is 1. The molecule has 0 bridgehead atoms. The van der Waals surface area contributed by atoms with Crippen LogP contribution >= 0.6 is 31.9 Å². The largest absolute Gasteiger partial charge is 0.332 e. The van der Waals surface area contributed by atoms with Crippen molar-refractivity contribution < 1.29 is 4.79 Å². The molecule has 0 saturated carbocycles. The summed E-state index contributed by atoms with van der Waals surface area (Å²) in [5, 5.41) is 2.69. The highest BCUT2D eigenvalue weighted by molar-refractivity contribution is 9.25. The first kappa shape index (κ1) is 6.55. The van der Waals surface area contributed by atoms with Gasteiger partial charge in [0.15, 0.2) is 3.36 Å². The van der Waals surface area contributed by atoms with E-state index < -0.39 is 0 Å². The van der Waals surface area contributed by atoms with Crippen molar-refractivity contribution in [3.8, 4) is 0 Å². The number of nitrogens with one attached hydrogen (secondary N) is 1. The summed E-state index contributed by atoms with van der Waals surface area (Å²) >= 11 is 6.54. The Bertz CT molecular complexity index is 123. The van der Waals surface area contributed by atoms with Crippen LogP contribution in [0.5, 0.6) is 0 Å². The van der Waals surface area contributed by atoms with E-state index >= 15 is 0 Å². The minimum atomic E-state index is -0.308. The number of carbonyl (C=O) groups is 1. The molecule has 0 aromatic carbocycles. The van der Waals surface area contributed by atoms with Gasteiger partial charge in [0, 0.05) is 6.42 Å². The molecule has 0 unspecified atom stereocenters. The van der Waals surface area contributed by atoms with Crippen molar-refractivity contribution >= 4 is 37.8 Å². The molecular formula is C4H5Br2NO. The maximum atomic E-state index is 10.5. The van der Waals surface area contributed by atoms with Crippen molar-refractivity contribution in [3.05, 3.63) is 0 Å². The lowest BCUT2D eigenvalue weighted by Crippen LogP contribution is -2.28. The van der Waals surface area contributed by atoms with Gasteiger partial charge in [-0.2, -0.15) is 0 Å². The van der Waals surface area contributed by atoms with Gasteiger partial charge in [-0.15, -0.1) is 0 Å². The topological polar surface area (TPSA) is 29.1 Å². The monoisotopic (exact) mass is 241 g/mol. The third-order valence-corrected chi connectivity index (χ3v) is 2.18. The normalized spacial score (nSPS) is 25.5. The third kappa shape index (κ3) is 1.45. The van der Waals surface area contributed by atoms with E-state index in [9.17, 15) is 4.79 Å². The van der Waals surface area contributed by atoms with Gasteiger partial charge < -0.3 is 5.32 Å². The lowest BCUT2D eigenvalue weighted by molar-refractivity contribution is -0.119. The highest BCUT2D eigenvalue weighted by Crippen LogP contribution is 2.32. The molecule has 8 heavy (non-hydrogen) atoms. The summed E-state index contributed by atoms with van der Waals surface area (Å²) in [7, 11) is 0. The lowest BCUT2D eigenvalue weighted by atomic mass is 10.4. The van der Waals surface area contributed by atoms with Crippen LogP contribution < -0.4 is 5.32 Å². The highest BCUT2D eigenvalue weighted by atomic mass is 79.9. The molecule has 1 N–H and O–H groups in total. The average molecular weight is 243 g/mol. The van der Waals surface area contributed by atoms with Gasteiger partial charge in [-0.3, -0.25) is 4.79 Å². The minimum Gasteiger partial charge on any atom is -0.332 e. The zero-order chi connectivity index (χ0) is 6.20. The maximum absolute atomic E-state index is 10.5. The summed E-state index contributed by atoms with van der Waals surface area (Å²) < 4.78 is -0.308. The SMILES string of the molecule is O=C1CCC(Br)(Br)N1. The quantitative estimate of drug-likeness (QED) is 0.504. The number of rotatable bonds is 0. The third-order valence-electron chi connectivity index (χ3n) is 0.988. The average Bonchev–Trinajstić information content (AvgIpc) is 1.82. The van der Waals surface area contributed by atoms with E-state index in [0.717, 1.165) is 6.42 Å². The molecule has 1 aliphatic rings. The number of halogens is 2. The summed E-state index contributed by atoms with van der Waals surface area (Å²) in [5.41, 5.74) is 0. The van der Waals surface area contributed by atoms with Gasteiger partial charge in [0.2, 0.25) is 5.91 Å². The summed E-state index contributed by atoms with van der Waals surface area (Å²) in [4.78, 5) is 10.5. The molecule has 0 atom stereocenters. The fourth-order valence-electron chi connectivity index (χ4n) is 0.599. The molecule has 1 amide bonds. The number of hydrogen-bond acceptors (Lipinski definition) is 1. The molecule has 0 aromatic rings.